The van der Waals surface area contributed by atoms with Crippen LogP contribution in [0.3, 0.4) is 0 Å². The van der Waals surface area contributed by atoms with E-state index in [1.807, 2.05) is 5.38 Å². The maximum atomic E-state index is 12.3. The SMILES string of the molecule is COCCNC(=O)c1nc(-c2nccs2)sc1CC(C)C. The van der Waals surface area contributed by atoms with E-state index in [1.54, 1.807) is 24.6 Å². The number of ether oxygens (including phenoxy) is 1. The minimum atomic E-state index is -0.137. The molecule has 0 aliphatic heterocycles. The zero-order chi connectivity index (χ0) is 15.2. The van der Waals surface area contributed by atoms with Gasteiger partial charge in [0.05, 0.1) is 6.61 Å². The summed E-state index contributed by atoms with van der Waals surface area (Å²) in [5.41, 5.74) is 0.523. The highest BCUT2D eigenvalue weighted by atomic mass is 32.1. The number of thiazole rings is 2. The molecule has 7 heteroatoms. The van der Waals surface area contributed by atoms with Crippen molar-refractivity contribution >= 4 is 28.6 Å². The average Bonchev–Trinajstić information content (AvgIpc) is 3.06. The fraction of sp³-hybridized carbons (Fsp3) is 0.500. The van der Waals surface area contributed by atoms with Crippen LogP contribution in [0.1, 0.15) is 29.2 Å². The molecule has 0 aromatic carbocycles. The second kappa shape index (κ2) is 7.63. The average molecular weight is 325 g/mol. The Balaban J connectivity index is 2.22. The van der Waals surface area contributed by atoms with Crippen LogP contribution in [0.2, 0.25) is 0 Å². The Morgan fingerprint density at radius 1 is 1.43 bits per heavy atom. The normalized spacial score (nSPS) is 11.0. The van der Waals surface area contributed by atoms with Crippen LogP contribution < -0.4 is 5.32 Å². The molecule has 2 aromatic rings. The monoisotopic (exact) mass is 325 g/mol. The van der Waals surface area contributed by atoms with Gasteiger partial charge in [-0.3, -0.25) is 4.79 Å². The molecule has 0 saturated carbocycles. The number of aromatic nitrogens is 2. The second-order valence-electron chi connectivity index (χ2n) is 4.97. The van der Waals surface area contributed by atoms with Crippen LogP contribution in [-0.4, -0.2) is 36.1 Å². The van der Waals surface area contributed by atoms with E-state index in [9.17, 15) is 4.79 Å². The zero-order valence-electron chi connectivity index (χ0n) is 12.4. The molecule has 0 aliphatic rings. The molecule has 0 aliphatic carbocycles. The first-order chi connectivity index (χ1) is 10.1. The number of carbonyl (C=O) groups is 1. The van der Waals surface area contributed by atoms with Crippen molar-refractivity contribution < 1.29 is 9.53 Å². The highest BCUT2D eigenvalue weighted by Crippen LogP contribution is 2.31. The fourth-order valence-corrected chi connectivity index (χ4v) is 3.76. The molecule has 114 valence electrons. The molecule has 0 radical (unpaired) electrons. The Kier molecular flexibility index (Phi) is 5.84. The Labute approximate surface area is 132 Å². The van der Waals surface area contributed by atoms with Gasteiger partial charge < -0.3 is 10.1 Å². The van der Waals surface area contributed by atoms with Crippen molar-refractivity contribution in [1.29, 1.82) is 0 Å². The van der Waals surface area contributed by atoms with E-state index in [0.29, 0.717) is 24.8 Å². The van der Waals surface area contributed by atoms with Crippen molar-refractivity contribution in [3.63, 3.8) is 0 Å². The lowest BCUT2D eigenvalue weighted by molar-refractivity contribution is 0.0932. The van der Waals surface area contributed by atoms with Crippen molar-refractivity contribution in [2.75, 3.05) is 20.3 Å². The quantitative estimate of drug-likeness (QED) is 0.795. The van der Waals surface area contributed by atoms with Crippen molar-refractivity contribution in [2.45, 2.75) is 20.3 Å². The lowest BCUT2D eigenvalue weighted by Crippen LogP contribution is -2.28. The van der Waals surface area contributed by atoms with Gasteiger partial charge in [-0.2, -0.15) is 0 Å². The van der Waals surface area contributed by atoms with E-state index >= 15 is 0 Å². The van der Waals surface area contributed by atoms with E-state index in [2.05, 4.69) is 29.1 Å². The molecule has 2 rings (SSSR count). The number of hydrogen-bond donors (Lipinski definition) is 1. The standard InChI is InChI=1S/C14H19N3O2S2/c1-9(2)8-10-11(12(18)15-4-6-19-3)17-14(21-10)13-16-5-7-20-13/h5,7,9H,4,6,8H2,1-3H3,(H,15,18). The number of nitrogens with zero attached hydrogens (tertiary/aromatic N) is 2. The van der Waals surface area contributed by atoms with E-state index in [-0.39, 0.29) is 5.91 Å². The van der Waals surface area contributed by atoms with Gasteiger partial charge in [0.15, 0.2) is 10.0 Å². The number of methoxy groups -OCH3 is 1. The van der Waals surface area contributed by atoms with Crippen LogP contribution >= 0.6 is 22.7 Å². The van der Waals surface area contributed by atoms with Crippen molar-refractivity contribution in [2.24, 2.45) is 5.92 Å². The number of nitrogens with one attached hydrogen (secondary N) is 1. The summed E-state index contributed by atoms with van der Waals surface area (Å²) in [4.78, 5) is 22.1. The summed E-state index contributed by atoms with van der Waals surface area (Å²) in [6, 6.07) is 0. The molecule has 0 fully saturated rings. The van der Waals surface area contributed by atoms with Gasteiger partial charge in [-0.05, 0) is 12.3 Å². The third kappa shape index (κ3) is 4.33. The maximum Gasteiger partial charge on any atom is 0.271 e. The molecule has 1 N–H and O–H groups in total. The summed E-state index contributed by atoms with van der Waals surface area (Å²) in [7, 11) is 1.61. The minimum Gasteiger partial charge on any atom is -0.383 e. The molecular weight excluding hydrogens is 306 g/mol. The molecule has 5 nitrogen and oxygen atoms in total. The number of hydrogen-bond acceptors (Lipinski definition) is 6. The molecule has 21 heavy (non-hydrogen) atoms. The van der Waals surface area contributed by atoms with Gasteiger partial charge in [0.25, 0.3) is 5.91 Å². The van der Waals surface area contributed by atoms with E-state index in [0.717, 1.165) is 21.3 Å². The molecule has 0 saturated heterocycles. The van der Waals surface area contributed by atoms with Gasteiger partial charge in [0, 0.05) is 30.1 Å². The van der Waals surface area contributed by atoms with Crippen LogP contribution in [0, 0.1) is 5.92 Å². The molecular formula is C14H19N3O2S2. The van der Waals surface area contributed by atoms with E-state index < -0.39 is 0 Å². The van der Waals surface area contributed by atoms with Gasteiger partial charge in [0.2, 0.25) is 0 Å². The van der Waals surface area contributed by atoms with Crippen LogP contribution in [0.25, 0.3) is 10.0 Å². The van der Waals surface area contributed by atoms with Gasteiger partial charge in [-0.15, -0.1) is 22.7 Å². The topological polar surface area (TPSA) is 64.1 Å². The summed E-state index contributed by atoms with van der Waals surface area (Å²) in [5.74, 6) is 0.335. The van der Waals surface area contributed by atoms with Gasteiger partial charge in [-0.25, -0.2) is 9.97 Å². The predicted molar refractivity (Wildman–Crippen MR) is 86.0 cm³/mol. The molecule has 0 spiro atoms. The van der Waals surface area contributed by atoms with Crippen molar-refractivity contribution in [3.8, 4) is 10.0 Å². The Bertz CT molecular complexity index is 579. The summed E-state index contributed by atoms with van der Waals surface area (Å²) in [5, 5.41) is 6.43. The number of rotatable bonds is 7. The Morgan fingerprint density at radius 3 is 2.86 bits per heavy atom. The third-order valence-electron chi connectivity index (χ3n) is 2.71. The van der Waals surface area contributed by atoms with Gasteiger partial charge in [-0.1, -0.05) is 13.8 Å². The van der Waals surface area contributed by atoms with Crippen LogP contribution in [-0.2, 0) is 11.2 Å². The first-order valence-electron chi connectivity index (χ1n) is 6.78. The summed E-state index contributed by atoms with van der Waals surface area (Å²) in [6.45, 7) is 5.25. The first kappa shape index (κ1) is 16.1. The molecule has 2 heterocycles. The van der Waals surface area contributed by atoms with Gasteiger partial charge in [0.1, 0.15) is 5.69 Å². The highest BCUT2D eigenvalue weighted by Gasteiger charge is 2.20. The number of amides is 1. The lowest BCUT2D eigenvalue weighted by Gasteiger charge is -2.06. The highest BCUT2D eigenvalue weighted by molar-refractivity contribution is 7.20. The van der Waals surface area contributed by atoms with E-state index in [1.165, 1.54) is 11.3 Å². The van der Waals surface area contributed by atoms with Gasteiger partial charge >= 0.3 is 0 Å². The smallest absolute Gasteiger partial charge is 0.271 e. The molecule has 0 atom stereocenters. The molecule has 1 amide bonds. The van der Waals surface area contributed by atoms with Crippen molar-refractivity contribution in [3.05, 3.63) is 22.1 Å². The van der Waals surface area contributed by atoms with Crippen LogP contribution in [0.5, 0.6) is 0 Å². The second-order valence-corrected chi connectivity index (χ2v) is 6.95. The Hall–Kier alpha value is -1.31. The number of carbonyl (C=O) groups excluding carboxylic acids is 1. The minimum absolute atomic E-state index is 0.137. The molecule has 0 bridgehead atoms. The van der Waals surface area contributed by atoms with Crippen molar-refractivity contribution in [1.82, 2.24) is 15.3 Å². The zero-order valence-corrected chi connectivity index (χ0v) is 14.0. The largest absolute Gasteiger partial charge is 0.383 e. The summed E-state index contributed by atoms with van der Waals surface area (Å²) < 4.78 is 4.95. The van der Waals surface area contributed by atoms with Crippen LogP contribution in [0.15, 0.2) is 11.6 Å². The predicted octanol–water partition coefficient (Wildman–Crippen LogP) is 2.84. The Morgan fingerprint density at radius 2 is 2.24 bits per heavy atom. The van der Waals surface area contributed by atoms with E-state index in [4.69, 9.17) is 4.74 Å². The molecule has 2 aromatic heterocycles. The lowest BCUT2D eigenvalue weighted by atomic mass is 10.1. The third-order valence-corrected chi connectivity index (χ3v) is 4.71. The maximum absolute atomic E-state index is 12.3. The summed E-state index contributed by atoms with van der Waals surface area (Å²) >= 11 is 3.09. The first-order valence-corrected chi connectivity index (χ1v) is 8.48. The van der Waals surface area contributed by atoms with Crippen LogP contribution in [0.4, 0.5) is 0 Å². The fourth-order valence-electron chi connectivity index (χ4n) is 1.81. The summed E-state index contributed by atoms with van der Waals surface area (Å²) in [6.07, 6.45) is 2.60. The molecule has 0 unspecified atom stereocenters.